The van der Waals surface area contributed by atoms with Gasteiger partial charge in [-0.3, -0.25) is 19.4 Å². The van der Waals surface area contributed by atoms with Gasteiger partial charge in [0, 0.05) is 26.5 Å². The SMILES string of the molecule is Cc1cccnc1C(Nc1c(Nc2ccnc(C(=O)N(C)C)c2O)c(=O)c1=O)C1(C)CC2CC2C1. The van der Waals surface area contributed by atoms with Crippen LogP contribution >= 0.6 is 0 Å². The molecule has 2 saturated carbocycles. The second kappa shape index (κ2) is 8.18. The van der Waals surface area contributed by atoms with Crippen molar-refractivity contribution in [2.45, 2.75) is 39.2 Å². The summed E-state index contributed by atoms with van der Waals surface area (Å²) < 4.78 is 0. The van der Waals surface area contributed by atoms with E-state index in [1.807, 2.05) is 19.1 Å². The molecular formula is C26H29N5O4. The highest BCUT2D eigenvalue weighted by molar-refractivity contribution is 5.97. The number of carbonyl (C=O) groups excluding carboxylic acids is 1. The fraction of sp³-hybridized carbons (Fsp3) is 0.423. The number of hydrogen-bond donors (Lipinski definition) is 3. The van der Waals surface area contributed by atoms with Gasteiger partial charge in [-0.25, -0.2) is 4.98 Å². The molecule has 1 aromatic carbocycles. The molecule has 0 saturated heterocycles. The fourth-order valence-electron chi connectivity index (χ4n) is 5.55. The summed E-state index contributed by atoms with van der Waals surface area (Å²) in [6, 6.07) is 5.08. The predicted octanol–water partition coefficient (Wildman–Crippen LogP) is 3.12. The second-order valence-electron chi connectivity index (χ2n) is 10.4. The molecule has 35 heavy (non-hydrogen) atoms. The molecule has 3 aromatic rings. The molecule has 2 fully saturated rings. The molecule has 2 aliphatic carbocycles. The van der Waals surface area contributed by atoms with Crippen molar-refractivity contribution in [1.29, 1.82) is 0 Å². The van der Waals surface area contributed by atoms with Gasteiger partial charge < -0.3 is 20.6 Å². The highest BCUT2D eigenvalue weighted by Crippen LogP contribution is 2.63. The first-order valence-corrected chi connectivity index (χ1v) is 11.8. The van der Waals surface area contributed by atoms with Gasteiger partial charge in [-0.1, -0.05) is 13.0 Å². The van der Waals surface area contributed by atoms with E-state index in [0.29, 0.717) is 11.8 Å². The normalized spacial score (nSPS) is 23.5. The molecule has 2 aliphatic rings. The van der Waals surface area contributed by atoms with Crippen molar-refractivity contribution in [3.8, 4) is 5.75 Å². The van der Waals surface area contributed by atoms with Gasteiger partial charge in [-0.15, -0.1) is 0 Å². The van der Waals surface area contributed by atoms with E-state index in [0.717, 1.165) is 24.1 Å². The number of amides is 1. The smallest absolute Gasteiger partial charge is 0.275 e. The lowest BCUT2D eigenvalue weighted by Gasteiger charge is -2.37. The molecule has 2 aromatic heterocycles. The van der Waals surface area contributed by atoms with Crippen molar-refractivity contribution in [1.82, 2.24) is 14.9 Å². The van der Waals surface area contributed by atoms with E-state index in [1.54, 1.807) is 20.3 Å². The molecule has 0 aliphatic heterocycles. The van der Waals surface area contributed by atoms with E-state index in [-0.39, 0.29) is 40.0 Å². The van der Waals surface area contributed by atoms with Crippen LogP contribution in [0.4, 0.5) is 17.1 Å². The first kappa shape index (κ1) is 23.0. The Bertz CT molecular complexity index is 1380. The quantitative estimate of drug-likeness (QED) is 0.445. The Morgan fingerprint density at radius 2 is 1.80 bits per heavy atom. The summed E-state index contributed by atoms with van der Waals surface area (Å²) in [6.07, 6.45) is 6.43. The first-order chi connectivity index (χ1) is 16.6. The summed E-state index contributed by atoms with van der Waals surface area (Å²) in [5.41, 5.74) is 0.671. The molecule has 3 N–H and O–H groups in total. The van der Waals surface area contributed by atoms with Crippen molar-refractivity contribution >= 4 is 23.0 Å². The topological polar surface area (TPSA) is 125 Å². The lowest BCUT2D eigenvalue weighted by Crippen LogP contribution is -2.40. The number of anilines is 3. The molecule has 182 valence electrons. The van der Waals surface area contributed by atoms with Crippen LogP contribution < -0.4 is 21.5 Å². The van der Waals surface area contributed by atoms with E-state index in [2.05, 4.69) is 27.5 Å². The Labute approximate surface area is 202 Å². The fourth-order valence-corrected chi connectivity index (χ4v) is 5.55. The lowest BCUT2D eigenvalue weighted by molar-refractivity contribution is 0.0819. The Balaban J connectivity index is 1.49. The highest BCUT2D eigenvalue weighted by atomic mass is 16.3. The summed E-state index contributed by atoms with van der Waals surface area (Å²) >= 11 is 0. The van der Waals surface area contributed by atoms with Crippen molar-refractivity contribution in [3.63, 3.8) is 0 Å². The van der Waals surface area contributed by atoms with Gasteiger partial charge in [0.2, 0.25) is 0 Å². The summed E-state index contributed by atoms with van der Waals surface area (Å²) in [5.74, 6) is 0.554. The van der Waals surface area contributed by atoms with Gasteiger partial charge in [-0.2, -0.15) is 0 Å². The number of hydrogen-bond acceptors (Lipinski definition) is 8. The molecule has 2 heterocycles. The molecule has 5 rings (SSSR count). The van der Waals surface area contributed by atoms with Gasteiger partial charge in [0.25, 0.3) is 16.8 Å². The summed E-state index contributed by atoms with van der Waals surface area (Å²) in [5, 5.41) is 16.9. The number of aryl methyl sites for hydroxylation is 1. The Kier molecular flexibility index (Phi) is 5.38. The van der Waals surface area contributed by atoms with E-state index in [4.69, 9.17) is 0 Å². The third kappa shape index (κ3) is 3.84. The van der Waals surface area contributed by atoms with Gasteiger partial charge >= 0.3 is 0 Å². The van der Waals surface area contributed by atoms with Crippen LogP contribution in [0, 0.1) is 24.2 Å². The Morgan fingerprint density at radius 1 is 1.11 bits per heavy atom. The minimum atomic E-state index is -0.680. The minimum absolute atomic E-state index is 0.0603. The van der Waals surface area contributed by atoms with Gasteiger partial charge in [0.15, 0.2) is 11.4 Å². The molecule has 1 amide bonds. The average Bonchev–Trinajstić information content (AvgIpc) is 3.45. The second-order valence-corrected chi connectivity index (χ2v) is 10.4. The highest BCUT2D eigenvalue weighted by Gasteiger charge is 2.55. The number of carbonyl (C=O) groups is 1. The van der Waals surface area contributed by atoms with Gasteiger partial charge in [-0.05, 0) is 61.1 Å². The molecule has 0 bridgehead atoms. The number of nitrogens with one attached hydrogen (secondary N) is 2. The minimum Gasteiger partial charge on any atom is -0.504 e. The maximum atomic E-state index is 12.7. The summed E-state index contributed by atoms with van der Waals surface area (Å²) in [7, 11) is 3.10. The number of aromatic nitrogens is 2. The van der Waals surface area contributed by atoms with Crippen LogP contribution in [0.15, 0.2) is 40.2 Å². The average molecular weight is 476 g/mol. The number of pyridine rings is 2. The van der Waals surface area contributed by atoms with Crippen molar-refractivity contribution in [2.75, 3.05) is 24.7 Å². The molecular weight excluding hydrogens is 446 g/mol. The van der Waals surface area contributed by atoms with Crippen LogP contribution in [0.2, 0.25) is 0 Å². The van der Waals surface area contributed by atoms with Crippen LogP contribution in [-0.2, 0) is 0 Å². The predicted molar refractivity (Wildman–Crippen MR) is 133 cm³/mol. The van der Waals surface area contributed by atoms with Crippen molar-refractivity contribution < 1.29 is 9.90 Å². The molecule has 9 heteroatoms. The third-order valence-corrected chi connectivity index (χ3v) is 7.54. The maximum Gasteiger partial charge on any atom is 0.275 e. The zero-order valence-electron chi connectivity index (χ0n) is 20.3. The largest absolute Gasteiger partial charge is 0.504 e. The molecule has 3 atom stereocenters. The standard InChI is InChI=1S/C26H29N5O4/c1-13-6-5-8-27-17(13)24(26(2)11-14-10-15(14)12-26)30-19-18(22(33)23(19)34)29-16-7-9-28-20(21(16)32)25(35)31(3)4/h5-9,14-15,24,30,32H,10-12H2,1-4H3,(H,28,29). The number of fused-ring (bicyclic) bond motifs is 1. The summed E-state index contributed by atoms with van der Waals surface area (Å²) in [6.45, 7) is 4.22. The van der Waals surface area contributed by atoms with E-state index < -0.39 is 16.8 Å². The van der Waals surface area contributed by atoms with Crippen molar-refractivity contribution in [2.24, 2.45) is 17.3 Å². The third-order valence-electron chi connectivity index (χ3n) is 7.54. The zero-order chi connectivity index (χ0) is 25.1. The zero-order valence-corrected chi connectivity index (χ0v) is 20.3. The summed E-state index contributed by atoms with van der Waals surface area (Å²) in [4.78, 5) is 47.5. The van der Waals surface area contributed by atoms with E-state index in [9.17, 15) is 19.5 Å². The van der Waals surface area contributed by atoms with Crippen LogP contribution in [0.25, 0.3) is 0 Å². The van der Waals surface area contributed by atoms with Gasteiger partial charge in [0.05, 0.1) is 17.4 Å². The number of aromatic hydroxyl groups is 1. The lowest BCUT2D eigenvalue weighted by atomic mass is 9.75. The van der Waals surface area contributed by atoms with Gasteiger partial charge in [0.1, 0.15) is 11.4 Å². The molecule has 0 radical (unpaired) electrons. The number of rotatable bonds is 7. The first-order valence-electron chi connectivity index (χ1n) is 11.8. The molecule has 9 nitrogen and oxygen atoms in total. The Morgan fingerprint density at radius 3 is 2.46 bits per heavy atom. The van der Waals surface area contributed by atoms with E-state index in [1.165, 1.54) is 23.6 Å². The monoisotopic (exact) mass is 475 g/mol. The number of nitrogens with zero attached hydrogens (tertiary/aromatic N) is 3. The van der Waals surface area contributed by atoms with Crippen LogP contribution in [0.5, 0.6) is 5.75 Å². The molecule has 3 unspecified atom stereocenters. The van der Waals surface area contributed by atoms with E-state index >= 15 is 0 Å². The molecule has 0 spiro atoms. The Hall–Kier alpha value is -3.75. The van der Waals surface area contributed by atoms with Crippen molar-refractivity contribution in [3.05, 3.63) is 68.0 Å². The van der Waals surface area contributed by atoms with Crippen LogP contribution in [-0.4, -0.2) is 40.0 Å². The maximum absolute atomic E-state index is 12.7. The van der Waals surface area contributed by atoms with Crippen LogP contribution in [0.1, 0.15) is 54.0 Å². The van der Waals surface area contributed by atoms with Crippen LogP contribution in [0.3, 0.4) is 0 Å².